The van der Waals surface area contributed by atoms with E-state index in [1.807, 2.05) is 45.9 Å². The maximum Gasteiger partial charge on any atom is 0.307 e. The number of ether oxygens (including phenoxy) is 2. The second-order valence-corrected chi connectivity index (χ2v) is 6.45. The molecule has 0 amide bonds. The van der Waals surface area contributed by atoms with Crippen molar-refractivity contribution in [1.82, 2.24) is 5.32 Å². The van der Waals surface area contributed by atoms with E-state index in [4.69, 9.17) is 9.47 Å². The molecule has 1 aromatic rings. The summed E-state index contributed by atoms with van der Waals surface area (Å²) in [5.41, 5.74) is 1.03. The van der Waals surface area contributed by atoms with Gasteiger partial charge in [-0.05, 0) is 43.9 Å². The van der Waals surface area contributed by atoms with Crippen molar-refractivity contribution in [3.05, 3.63) is 23.8 Å². The lowest BCUT2D eigenvalue weighted by molar-refractivity contribution is -0.142. The van der Waals surface area contributed by atoms with Crippen LogP contribution in [0.2, 0.25) is 0 Å². The van der Waals surface area contributed by atoms with Gasteiger partial charge in [-0.1, -0.05) is 19.9 Å². The lowest BCUT2D eigenvalue weighted by atomic mass is 9.97. The van der Waals surface area contributed by atoms with Crippen LogP contribution in [0.4, 0.5) is 0 Å². The first-order valence-corrected chi connectivity index (χ1v) is 8.10. The Bertz CT molecular complexity index is 500. The van der Waals surface area contributed by atoms with E-state index >= 15 is 0 Å². The van der Waals surface area contributed by atoms with E-state index in [2.05, 4.69) is 5.32 Å². The van der Waals surface area contributed by atoms with Crippen LogP contribution in [0.5, 0.6) is 11.5 Å². The minimum atomic E-state index is -0.746. The number of carboxylic acids is 1. The number of nitrogens with one attached hydrogen (secondary N) is 1. The van der Waals surface area contributed by atoms with Crippen LogP contribution in [-0.4, -0.2) is 30.8 Å². The topological polar surface area (TPSA) is 67.8 Å². The summed E-state index contributed by atoms with van der Waals surface area (Å²) >= 11 is 0. The Labute approximate surface area is 139 Å². The molecular weight excluding hydrogens is 294 g/mol. The van der Waals surface area contributed by atoms with E-state index in [1.165, 1.54) is 0 Å². The molecule has 0 aliphatic carbocycles. The van der Waals surface area contributed by atoms with Crippen LogP contribution in [0.1, 0.15) is 39.7 Å². The summed E-state index contributed by atoms with van der Waals surface area (Å²) in [5, 5.41) is 12.5. The van der Waals surface area contributed by atoms with Crippen LogP contribution in [0.25, 0.3) is 0 Å². The molecule has 0 saturated carbocycles. The van der Waals surface area contributed by atoms with E-state index < -0.39 is 5.97 Å². The molecule has 0 saturated heterocycles. The minimum absolute atomic E-state index is 0.0835. The molecule has 1 aromatic carbocycles. The fraction of sp³-hybridized carbons (Fsp3) is 0.611. The first kappa shape index (κ1) is 19.3. The zero-order valence-electron chi connectivity index (χ0n) is 14.8. The summed E-state index contributed by atoms with van der Waals surface area (Å²) in [6.45, 7) is 9.06. The monoisotopic (exact) mass is 323 g/mol. The molecule has 5 heteroatoms. The van der Waals surface area contributed by atoms with Gasteiger partial charge in [-0.3, -0.25) is 4.79 Å². The van der Waals surface area contributed by atoms with Crippen molar-refractivity contribution in [2.24, 2.45) is 11.8 Å². The molecular formula is C18H29NO4. The summed E-state index contributed by atoms with van der Waals surface area (Å²) < 4.78 is 11.0. The number of hydrogen-bond acceptors (Lipinski definition) is 4. The van der Waals surface area contributed by atoms with Gasteiger partial charge >= 0.3 is 5.97 Å². The van der Waals surface area contributed by atoms with Gasteiger partial charge in [0.15, 0.2) is 11.5 Å². The summed E-state index contributed by atoms with van der Waals surface area (Å²) in [5.74, 6) is 0.666. The summed E-state index contributed by atoms with van der Waals surface area (Å²) in [7, 11) is 1.61. The Kier molecular flexibility index (Phi) is 7.89. The molecule has 1 atom stereocenters. The van der Waals surface area contributed by atoms with E-state index in [-0.39, 0.29) is 12.0 Å². The van der Waals surface area contributed by atoms with Crippen molar-refractivity contribution in [1.29, 1.82) is 0 Å². The standard InChI is InChI=1S/C18H29NO4/c1-12(2)8-15(18(20)21)11-19-10-14-6-7-16(23-13(3)4)17(9-14)22-5/h6-7,9,12-13,15,19H,8,10-11H2,1-5H3,(H,20,21). The van der Waals surface area contributed by atoms with Crippen LogP contribution in [0.3, 0.4) is 0 Å². The lowest BCUT2D eigenvalue weighted by Crippen LogP contribution is -2.29. The van der Waals surface area contributed by atoms with Crippen LogP contribution in [0.15, 0.2) is 18.2 Å². The van der Waals surface area contributed by atoms with Gasteiger partial charge in [0, 0.05) is 13.1 Å². The molecule has 0 bridgehead atoms. The highest BCUT2D eigenvalue weighted by Gasteiger charge is 2.18. The summed E-state index contributed by atoms with van der Waals surface area (Å²) in [6, 6.07) is 5.77. The Balaban J connectivity index is 2.62. The third kappa shape index (κ3) is 6.91. The third-order valence-electron chi connectivity index (χ3n) is 3.42. The molecule has 1 unspecified atom stereocenters. The van der Waals surface area contributed by atoms with Crippen molar-refractivity contribution in [3.8, 4) is 11.5 Å². The smallest absolute Gasteiger partial charge is 0.307 e. The zero-order valence-corrected chi connectivity index (χ0v) is 14.8. The molecule has 2 N–H and O–H groups in total. The molecule has 1 rings (SSSR count). The van der Waals surface area contributed by atoms with Gasteiger partial charge in [-0.15, -0.1) is 0 Å². The molecule has 23 heavy (non-hydrogen) atoms. The lowest BCUT2D eigenvalue weighted by Gasteiger charge is -2.17. The second kappa shape index (κ2) is 9.40. The number of aliphatic carboxylic acids is 1. The first-order valence-electron chi connectivity index (χ1n) is 8.10. The number of hydrogen-bond donors (Lipinski definition) is 2. The first-order chi connectivity index (χ1) is 10.8. The number of methoxy groups -OCH3 is 1. The largest absolute Gasteiger partial charge is 0.493 e. The quantitative estimate of drug-likeness (QED) is 0.691. The number of carboxylic acid groups (broad SMARTS) is 1. The Morgan fingerprint density at radius 1 is 1.22 bits per heavy atom. The van der Waals surface area contributed by atoms with Crippen molar-refractivity contribution in [2.75, 3.05) is 13.7 Å². The highest BCUT2D eigenvalue weighted by molar-refractivity contribution is 5.70. The maximum atomic E-state index is 11.2. The predicted octanol–water partition coefficient (Wildman–Crippen LogP) is 3.32. The highest BCUT2D eigenvalue weighted by Crippen LogP contribution is 2.29. The predicted molar refractivity (Wildman–Crippen MR) is 91.0 cm³/mol. The molecule has 0 radical (unpaired) electrons. The van der Waals surface area contributed by atoms with E-state index in [0.717, 1.165) is 11.3 Å². The SMILES string of the molecule is COc1cc(CNCC(CC(C)C)C(=O)O)ccc1OC(C)C. The van der Waals surface area contributed by atoms with Gasteiger partial charge in [0.2, 0.25) is 0 Å². The van der Waals surface area contributed by atoms with Gasteiger partial charge in [0.05, 0.1) is 19.1 Å². The van der Waals surface area contributed by atoms with E-state index in [0.29, 0.717) is 31.2 Å². The molecule has 0 fully saturated rings. The van der Waals surface area contributed by atoms with Crippen LogP contribution in [0, 0.1) is 11.8 Å². The molecule has 5 nitrogen and oxygen atoms in total. The molecule has 0 aliphatic heterocycles. The number of carbonyl (C=O) groups is 1. The maximum absolute atomic E-state index is 11.2. The fourth-order valence-corrected chi connectivity index (χ4v) is 2.40. The Morgan fingerprint density at radius 2 is 1.91 bits per heavy atom. The second-order valence-electron chi connectivity index (χ2n) is 6.45. The summed E-state index contributed by atoms with van der Waals surface area (Å²) in [6.07, 6.45) is 0.757. The Morgan fingerprint density at radius 3 is 2.43 bits per heavy atom. The van der Waals surface area contributed by atoms with Crippen molar-refractivity contribution < 1.29 is 19.4 Å². The van der Waals surface area contributed by atoms with Crippen molar-refractivity contribution in [2.45, 2.75) is 46.8 Å². The molecule has 0 spiro atoms. The average molecular weight is 323 g/mol. The van der Waals surface area contributed by atoms with Gasteiger partial charge in [-0.25, -0.2) is 0 Å². The van der Waals surface area contributed by atoms with Gasteiger partial charge in [-0.2, -0.15) is 0 Å². The number of rotatable bonds is 10. The Hall–Kier alpha value is -1.75. The summed E-state index contributed by atoms with van der Waals surface area (Å²) in [4.78, 5) is 11.2. The van der Waals surface area contributed by atoms with Gasteiger partial charge in [0.1, 0.15) is 0 Å². The van der Waals surface area contributed by atoms with Crippen molar-refractivity contribution >= 4 is 5.97 Å². The molecule has 0 aliphatic rings. The molecule has 0 heterocycles. The van der Waals surface area contributed by atoms with Crippen LogP contribution < -0.4 is 14.8 Å². The molecule has 130 valence electrons. The van der Waals surface area contributed by atoms with E-state index in [9.17, 15) is 9.90 Å². The fourth-order valence-electron chi connectivity index (χ4n) is 2.40. The normalized spacial score (nSPS) is 12.5. The number of benzene rings is 1. The van der Waals surface area contributed by atoms with Gasteiger partial charge in [0.25, 0.3) is 0 Å². The highest BCUT2D eigenvalue weighted by atomic mass is 16.5. The van der Waals surface area contributed by atoms with Crippen LogP contribution >= 0.6 is 0 Å². The van der Waals surface area contributed by atoms with E-state index in [1.54, 1.807) is 7.11 Å². The molecule has 0 aromatic heterocycles. The van der Waals surface area contributed by atoms with Crippen LogP contribution in [-0.2, 0) is 11.3 Å². The average Bonchev–Trinajstić information content (AvgIpc) is 2.46. The minimum Gasteiger partial charge on any atom is -0.493 e. The third-order valence-corrected chi connectivity index (χ3v) is 3.42. The van der Waals surface area contributed by atoms with Crippen molar-refractivity contribution in [3.63, 3.8) is 0 Å². The zero-order chi connectivity index (χ0) is 17.4. The van der Waals surface area contributed by atoms with Gasteiger partial charge < -0.3 is 19.9 Å².